The average Bonchev–Trinajstić information content (AvgIpc) is 4.26. The van der Waals surface area contributed by atoms with E-state index in [1.54, 1.807) is 0 Å². The minimum Gasteiger partial charge on any atom is -0.459 e. The third-order valence-electron chi connectivity index (χ3n) is 21.4. The Morgan fingerprint density at radius 3 is 1.99 bits per heavy atom. The predicted octanol–water partition coefficient (Wildman–Crippen LogP) is 6.20. The van der Waals surface area contributed by atoms with Crippen LogP contribution in [0.3, 0.4) is 0 Å². The maximum absolute atomic E-state index is 14.5. The zero-order valence-corrected chi connectivity index (χ0v) is 44.6. The van der Waals surface area contributed by atoms with Gasteiger partial charge in [-0.05, 0) is 80.8 Å². The van der Waals surface area contributed by atoms with E-state index in [2.05, 4.69) is 40.9 Å². The molecule has 2 unspecified atom stereocenters. The molecule has 0 aromatic rings. The first kappa shape index (κ1) is 50.3. The number of rotatable bonds is 0. The molecule has 17 nitrogen and oxygen atoms in total. The van der Waals surface area contributed by atoms with Crippen molar-refractivity contribution in [2.75, 3.05) is 0 Å². The molecule has 75 heavy (non-hydrogen) atoms. The molecule has 17 heteroatoms. The van der Waals surface area contributed by atoms with Gasteiger partial charge in [0.05, 0.1) is 116 Å². The first-order chi connectivity index (χ1) is 36.1. The Morgan fingerprint density at radius 2 is 1.12 bits per heavy atom. The molecular formula is C58H82O17. The van der Waals surface area contributed by atoms with Crippen LogP contribution in [0.25, 0.3) is 0 Å². The summed E-state index contributed by atoms with van der Waals surface area (Å²) < 4.78 is 103. The third kappa shape index (κ3) is 8.49. The lowest BCUT2D eigenvalue weighted by Crippen LogP contribution is -2.62. The van der Waals surface area contributed by atoms with Gasteiger partial charge in [0.2, 0.25) is 0 Å². The van der Waals surface area contributed by atoms with E-state index < -0.39 is 47.9 Å². The highest BCUT2D eigenvalue weighted by Crippen LogP contribution is 2.57. The van der Waals surface area contributed by atoms with Crippen molar-refractivity contribution in [3.63, 3.8) is 0 Å². The summed E-state index contributed by atoms with van der Waals surface area (Å²) in [7, 11) is 0. The van der Waals surface area contributed by atoms with Gasteiger partial charge in [-0.15, -0.1) is 0 Å². The number of esters is 1. The highest BCUT2D eigenvalue weighted by molar-refractivity contribution is 5.70. The molecule has 12 bridgehead atoms. The number of fused-ring (bicyclic) bond motifs is 10. The molecule has 16 aliphatic rings. The summed E-state index contributed by atoms with van der Waals surface area (Å²) in [4.78, 5) is 14.5. The molecule has 0 radical (unpaired) electrons. The smallest absolute Gasteiger partial charge is 0.308 e. The van der Waals surface area contributed by atoms with Crippen LogP contribution in [-0.4, -0.2) is 175 Å². The van der Waals surface area contributed by atoms with Gasteiger partial charge in [-0.2, -0.15) is 0 Å². The van der Waals surface area contributed by atoms with Gasteiger partial charge in [0.25, 0.3) is 0 Å². The van der Waals surface area contributed by atoms with Crippen molar-refractivity contribution in [3.8, 4) is 0 Å². The van der Waals surface area contributed by atoms with Crippen LogP contribution in [0.5, 0.6) is 0 Å². The zero-order valence-electron chi connectivity index (χ0n) is 44.6. The third-order valence-corrected chi connectivity index (χ3v) is 21.4. The Hall–Kier alpha value is -1.65. The molecule has 416 valence electrons. The Balaban J connectivity index is 0.673. The van der Waals surface area contributed by atoms with Crippen molar-refractivity contribution < 1.29 is 81.0 Å². The first-order valence-corrected chi connectivity index (χ1v) is 29.6. The van der Waals surface area contributed by atoms with Crippen molar-refractivity contribution in [1.29, 1.82) is 0 Å². The topological polar surface area (TPSA) is 176 Å². The van der Waals surface area contributed by atoms with Crippen LogP contribution < -0.4 is 0 Å². The number of ether oxygens (including phenoxy) is 15. The number of aliphatic hydroxyl groups excluding tert-OH is 1. The van der Waals surface area contributed by atoms with E-state index in [9.17, 15) is 9.90 Å². The quantitative estimate of drug-likeness (QED) is 0.214. The van der Waals surface area contributed by atoms with Crippen LogP contribution in [0.15, 0.2) is 24.3 Å². The van der Waals surface area contributed by atoms with Gasteiger partial charge < -0.3 is 76.2 Å². The number of aliphatic hydroxyl groups is 1. The van der Waals surface area contributed by atoms with Crippen LogP contribution in [0.1, 0.15) is 144 Å². The molecule has 0 aromatic heterocycles. The largest absolute Gasteiger partial charge is 0.459 e. The monoisotopic (exact) mass is 1050 g/mol. The fourth-order valence-electron chi connectivity index (χ4n) is 17.7. The van der Waals surface area contributed by atoms with E-state index in [1.807, 2.05) is 6.92 Å². The van der Waals surface area contributed by atoms with Crippen molar-refractivity contribution in [1.82, 2.24) is 0 Å². The van der Waals surface area contributed by atoms with Crippen molar-refractivity contribution in [2.24, 2.45) is 23.7 Å². The zero-order chi connectivity index (χ0) is 51.0. The summed E-state index contributed by atoms with van der Waals surface area (Å²) in [6.45, 7) is 19.9. The molecule has 16 rings (SSSR count). The molecule has 0 amide bonds. The molecule has 1 N–H and O–H groups in total. The normalized spacial score (nSPS) is 59.9. The average molecular weight is 1050 g/mol. The van der Waals surface area contributed by atoms with Gasteiger partial charge in [-0.3, -0.25) is 4.79 Å². The van der Waals surface area contributed by atoms with Crippen molar-refractivity contribution in [2.45, 2.75) is 308 Å². The van der Waals surface area contributed by atoms with E-state index in [0.717, 1.165) is 56.1 Å². The summed E-state index contributed by atoms with van der Waals surface area (Å²) >= 11 is 0. The van der Waals surface area contributed by atoms with Crippen molar-refractivity contribution >= 4 is 5.97 Å². The second-order valence-electron chi connectivity index (χ2n) is 26.6. The number of hydrogen-bond donors (Lipinski definition) is 1. The maximum Gasteiger partial charge on any atom is 0.308 e. The molecule has 0 aliphatic carbocycles. The molecule has 16 saturated heterocycles. The molecule has 16 fully saturated rings. The highest BCUT2D eigenvalue weighted by Gasteiger charge is 2.70. The fourth-order valence-corrected chi connectivity index (χ4v) is 17.7. The molecule has 0 saturated carbocycles. The maximum atomic E-state index is 14.5. The van der Waals surface area contributed by atoms with E-state index in [1.165, 1.54) is 0 Å². The molecule has 0 aromatic carbocycles. The number of carbonyl (C=O) groups excluding carboxylic acids is 1. The summed E-state index contributed by atoms with van der Waals surface area (Å²) in [6.07, 6.45) is 4.80. The first-order valence-electron chi connectivity index (χ1n) is 29.6. The molecule has 16 aliphatic heterocycles. The summed E-state index contributed by atoms with van der Waals surface area (Å²) in [5.41, 5.74) is 2.17. The number of hydrogen-bond acceptors (Lipinski definition) is 17. The van der Waals surface area contributed by atoms with E-state index in [-0.39, 0.29) is 152 Å². The second-order valence-corrected chi connectivity index (χ2v) is 26.6. The SMILES string of the molecule is C=C1C2C[C@@H]3O[C@H]4C[C@H]5O[C@@]6(C[C@@H]7O[C@]8(C[C@H](C)[C@@H]9O[C@H](C)[C@H](O)C[C@@H]9O8)C[C@H](C)[C@@H]7O6)C[C@H]5O[C@H]4[C@H](C)[C@H]3OC(=O)C[C@H]3CC[C@@H]4OC5[C@H]6O[C@@H]7C[C@](CC[C@H]8CC(=C)[C@H](CC[C@@H](C[C@H]1C)O2)O8)(O[C@H]6[C@H]4O3)O[C@@H]57. The van der Waals surface area contributed by atoms with Crippen molar-refractivity contribution in [3.05, 3.63) is 24.3 Å². The van der Waals surface area contributed by atoms with Crippen LogP contribution in [-0.2, 0) is 75.8 Å². The Bertz CT molecular complexity index is 2250. The van der Waals surface area contributed by atoms with Gasteiger partial charge in [-0.1, -0.05) is 40.9 Å². The lowest BCUT2D eigenvalue weighted by Gasteiger charge is -2.54. The predicted molar refractivity (Wildman–Crippen MR) is 262 cm³/mol. The van der Waals surface area contributed by atoms with Gasteiger partial charge in [0.15, 0.2) is 17.4 Å². The van der Waals surface area contributed by atoms with Gasteiger partial charge in [0.1, 0.15) is 36.6 Å². The Kier molecular flexibility index (Phi) is 12.4. The standard InChI is InChI=1S/C58H82O17/c1-25-14-32-8-10-36-26(2)15-34(62-36)12-13-56-23-44-52(74-56)53-54(68-44)55(75-56)51-37(66-53)11-9-33(64-51)16-46(60)69-50-30(6)49-41(65-40(50)18-38(63-32)29(25)5)19-39-43(67-49)22-58(70-39)24-45-48(73-58)28(4)21-57(72-45)20-27(3)47-42(71-57)17-35(59)31(7)61-47/h25,27-28,30-45,47-55,59H,2,5,8-24H2,1,3-4,6-7H3/t25-,27+,28+,30+,31-,32+,33-,34+,35-,36+,37+,38?,39-,40+,41+,42+,43-,44-,45+,47+,48+,49+,50-,51+,52-,53?,54-,55+,56+,57-,58+/m1/s1. The van der Waals surface area contributed by atoms with Gasteiger partial charge in [-0.25, -0.2) is 0 Å². The molecule has 31 atom stereocenters. The summed E-state index contributed by atoms with van der Waals surface area (Å²) in [5, 5.41) is 10.8. The lowest BCUT2D eigenvalue weighted by molar-refractivity contribution is -0.370. The summed E-state index contributed by atoms with van der Waals surface area (Å²) in [6, 6.07) is 0. The van der Waals surface area contributed by atoms with Crippen LogP contribution in [0, 0.1) is 23.7 Å². The second kappa shape index (κ2) is 18.4. The van der Waals surface area contributed by atoms with Gasteiger partial charge in [0, 0.05) is 63.7 Å². The van der Waals surface area contributed by atoms with Crippen LogP contribution in [0.4, 0.5) is 0 Å². The van der Waals surface area contributed by atoms with E-state index in [0.29, 0.717) is 57.8 Å². The minimum absolute atomic E-state index is 0.00419. The lowest BCUT2D eigenvalue weighted by atomic mass is 9.78. The Morgan fingerprint density at radius 1 is 0.453 bits per heavy atom. The summed E-state index contributed by atoms with van der Waals surface area (Å²) in [5.74, 6) is -2.43. The molecular weight excluding hydrogens is 969 g/mol. The van der Waals surface area contributed by atoms with E-state index >= 15 is 0 Å². The highest BCUT2D eigenvalue weighted by atomic mass is 16.8. The molecule has 16 heterocycles. The van der Waals surface area contributed by atoms with E-state index in [4.69, 9.17) is 71.1 Å². The molecule has 3 spiro atoms. The van der Waals surface area contributed by atoms with Crippen LogP contribution >= 0.6 is 0 Å². The van der Waals surface area contributed by atoms with Crippen LogP contribution in [0.2, 0.25) is 0 Å². The fraction of sp³-hybridized carbons (Fsp3) is 0.914. The Labute approximate surface area is 441 Å². The van der Waals surface area contributed by atoms with Gasteiger partial charge >= 0.3 is 5.97 Å². The number of carbonyl (C=O) groups is 1. The minimum atomic E-state index is -0.882.